The van der Waals surface area contributed by atoms with Crippen molar-refractivity contribution in [2.45, 2.75) is 11.8 Å². The first-order valence-electron chi connectivity index (χ1n) is 5.44. The maximum atomic E-state index is 13.8. The second-order valence-corrected chi connectivity index (χ2v) is 5.48. The van der Waals surface area contributed by atoms with Crippen LogP contribution in [0, 0.1) is 24.4 Å². The minimum atomic E-state index is -0.680. The van der Waals surface area contributed by atoms with Gasteiger partial charge in [0.15, 0.2) is 0 Å². The summed E-state index contributed by atoms with van der Waals surface area (Å²) in [4.78, 5) is -0.571. The van der Waals surface area contributed by atoms with E-state index in [9.17, 15) is 13.2 Å². The molecule has 0 aromatic heterocycles. The minimum absolute atomic E-state index is 0.000733. The van der Waals surface area contributed by atoms with Crippen molar-refractivity contribution in [3.05, 3.63) is 69.5 Å². The smallest absolute Gasteiger partial charge is 0.142 e. The van der Waals surface area contributed by atoms with Gasteiger partial charge in [0.1, 0.15) is 17.5 Å². The van der Waals surface area contributed by atoms with Gasteiger partial charge in [0.2, 0.25) is 0 Å². The lowest BCUT2D eigenvalue weighted by Gasteiger charge is -2.13. The van der Waals surface area contributed by atoms with Crippen LogP contribution in [-0.4, -0.2) is 0 Å². The van der Waals surface area contributed by atoms with Crippen molar-refractivity contribution < 1.29 is 13.2 Å². The topological polar surface area (TPSA) is 0 Å². The third-order valence-electron chi connectivity index (χ3n) is 2.79. The molecule has 19 heavy (non-hydrogen) atoms. The number of hydrogen-bond donors (Lipinski definition) is 0. The predicted molar refractivity (Wildman–Crippen MR) is 73.3 cm³/mol. The van der Waals surface area contributed by atoms with Crippen molar-refractivity contribution in [2.75, 3.05) is 0 Å². The summed E-state index contributed by atoms with van der Waals surface area (Å²) in [5.41, 5.74) is 1.09. The number of benzene rings is 2. The Kier molecular flexibility index (Phi) is 4.21. The highest BCUT2D eigenvalue weighted by molar-refractivity contribution is 9.09. The van der Waals surface area contributed by atoms with Crippen molar-refractivity contribution in [1.82, 2.24) is 0 Å². The van der Waals surface area contributed by atoms with E-state index in [1.54, 1.807) is 13.0 Å². The Morgan fingerprint density at radius 1 is 1.00 bits per heavy atom. The number of rotatable bonds is 2. The molecule has 2 aromatic rings. The Labute approximate surface area is 122 Å². The lowest BCUT2D eigenvalue weighted by atomic mass is 10.0. The second kappa shape index (κ2) is 5.55. The summed E-state index contributed by atoms with van der Waals surface area (Å²) in [6, 6.07) is 6.43. The summed E-state index contributed by atoms with van der Waals surface area (Å²) < 4.78 is 40.4. The van der Waals surface area contributed by atoms with Crippen LogP contribution in [0.3, 0.4) is 0 Å². The van der Waals surface area contributed by atoms with E-state index in [1.165, 1.54) is 18.2 Å². The zero-order valence-corrected chi connectivity index (χ0v) is 12.2. The SMILES string of the molecule is Cc1cc(C(Br)c2ccc(Cl)c(F)c2)c(F)cc1F. The summed E-state index contributed by atoms with van der Waals surface area (Å²) >= 11 is 8.88. The van der Waals surface area contributed by atoms with Gasteiger partial charge in [-0.2, -0.15) is 0 Å². The molecule has 0 saturated heterocycles. The summed E-state index contributed by atoms with van der Waals surface area (Å²) in [6.07, 6.45) is 0. The second-order valence-electron chi connectivity index (χ2n) is 4.16. The van der Waals surface area contributed by atoms with Gasteiger partial charge in [0, 0.05) is 11.6 Å². The van der Waals surface area contributed by atoms with Crippen LogP contribution in [0.1, 0.15) is 21.5 Å². The monoisotopic (exact) mass is 348 g/mol. The molecule has 0 radical (unpaired) electrons. The first-order chi connectivity index (χ1) is 8.90. The zero-order chi connectivity index (χ0) is 14.2. The Morgan fingerprint density at radius 3 is 2.32 bits per heavy atom. The number of aryl methyl sites for hydroxylation is 1. The highest BCUT2D eigenvalue weighted by Gasteiger charge is 2.18. The number of hydrogen-bond acceptors (Lipinski definition) is 0. The van der Waals surface area contributed by atoms with Crippen LogP contribution in [0.2, 0.25) is 5.02 Å². The van der Waals surface area contributed by atoms with Gasteiger partial charge in [-0.15, -0.1) is 0 Å². The molecular formula is C14H9BrClF3. The maximum Gasteiger partial charge on any atom is 0.142 e. The quantitative estimate of drug-likeness (QED) is 0.624. The van der Waals surface area contributed by atoms with E-state index in [-0.39, 0.29) is 10.6 Å². The Hall–Kier alpha value is -1.00. The highest BCUT2D eigenvalue weighted by Crippen LogP contribution is 2.34. The molecule has 0 fully saturated rings. The van der Waals surface area contributed by atoms with Crippen LogP contribution < -0.4 is 0 Å². The lowest BCUT2D eigenvalue weighted by Crippen LogP contribution is -2.00. The van der Waals surface area contributed by atoms with Crippen LogP contribution in [-0.2, 0) is 0 Å². The van der Waals surface area contributed by atoms with E-state index < -0.39 is 22.3 Å². The molecule has 5 heteroatoms. The van der Waals surface area contributed by atoms with Gasteiger partial charge in [-0.1, -0.05) is 33.6 Å². The fraction of sp³-hybridized carbons (Fsp3) is 0.143. The largest absolute Gasteiger partial charge is 0.207 e. The summed E-state index contributed by atoms with van der Waals surface area (Å²) in [5.74, 6) is -1.87. The maximum absolute atomic E-state index is 13.8. The molecule has 2 rings (SSSR count). The van der Waals surface area contributed by atoms with Crippen LogP contribution in [0.15, 0.2) is 30.3 Å². The molecule has 0 aliphatic rings. The minimum Gasteiger partial charge on any atom is -0.207 e. The molecule has 1 unspecified atom stereocenters. The lowest BCUT2D eigenvalue weighted by molar-refractivity contribution is 0.568. The molecule has 100 valence electrons. The first kappa shape index (κ1) is 14.4. The van der Waals surface area contributed by atoms with Crippen molar-refractivity contribution in [1.29, 1.82) is 0 Å². The van der Waals surface area contributed by atoms with Crippen molar-refractivity contribution in [2.24, 2.45) is 0 Å². The van der Waals surface area contributed by atoms with Gasteiger partial charge < -0.3 is 0 Å². The van der Waals surface area contributed by atoms with Crippen molar-refractivity contribution in [3.8, 4) is 0 Å². The standard InChI is InChI=1S/C14H9BrClF3/c1-7-4-9(12(18)6-11(7)17)14(15)8-2-3-10(16)13(19)5-8/h2-6,14H,1H3. The molecular weight excluding hydrogens is 341 g/mol. The summed E-state index contributed by atoms with van der Waals surface area (Å²) in [5, 5.41) is -0.000733. The number of halogens is 5. The van der Waals surface area contributed by atoms with Gasteiger partial charge in [-0.25, -0.2) is 13.2 Å². The third-order valence-corrected chi connectivity index (χ3v) is 4.12. The van der Waals surface area contributed by atoms with Gasteiger partial charge in [0.25, 0.3) is 0 Å². The molecule has 2 aromatic carbocycles. The number of alkyl halides is 1. The molecule has 1 atom stereocenters. The van der Waals surface area contributed by atoms with Crippen LogP contribution in [0.25, 0.3) is 0 Å². The van der Waals surface area contributed by atoms with Crippen molar-refractivity contribution >= 4 is 27.5 Å². The normalized spacial score (nSPS) is 12.5. The molecule has 0 aliphatic carbocycles. The average molecular weight is 350 g/mol. The zero-order valence-electron chi connectivity index (χ0n) is 9.85. The molecule has 0 saturated carbocycles. The van der Waals surface area contributed by atoms with E-state index in [2.05, 4.69) is 15.9 Å². The predicted octanol–water partition coefficient (Wildman–Crippen LogP) is 5.55. The van der Waals surface area contributed by atoms with E-state index in [0.29, 0.717) is 11.1 Å². The van der Waals surface area contributed by atoms with Crippen LogP contribution >= 0.6 is 27.5 Å². The molecule has 0 N–H and O–H groups in total. The van der Waals surface area contributed by atoms with Gasteiger partial charge in [-0.3, -0.25) is 0 Å². The molecule has 0 heterocycles. The van der Waals surface area contributed by atoms with Crippen LogP contribution in [0.4, 0.5) is 13.2 Å². The van der Waals surface area contributed by atoms with Gasteiger partial charge in [-0.05, 0) is 36.2 Å². The summed E-state index contributed by atoms with van der Waals surface area (Å²) in [7, 11) is 0. The Bertz CT molecular complexity index is 628. The van der Waals surface area contributed by atoms with E-state index >= 15 is 0 Å². The molecule has 0 spiro atoms. The fourth-order valence-electron chi connectivity index (χ4n) is 1.72. The highest BCUT2D eigenvalue weighted by atomic mass is 79.9. The Morgan fingerprint density at radius 2 is 1.68 bits per heavy atom. The fourth-order valence-corrected chi connectivity index (χ4v) is 2.48. The first-order valence-corrected chi connectivity index (χ1v) is 6.74. The average Bonchev–Trinajstić information content (AvgIpc) is 2.36. The summed E-state index contributed by atoms with van der Waals surface area (Å²) in [6.45, 7) is 1.54. The molecule has 0 bridgehead atoms. The van der Waals surface area contributed by atoms with Crippen molar-refractivity contribution in [3.63, 3.8) is 0 Å². The van der Waals surface area contributed by atoms with Gasteiger partial charge >= 0.3 is 0 Å². The molecule has 0 amide bonds. The van der Waals surface area contributed by atoms with Crippen LogP contribution in [0.5, 0.6) is 0 Å². The Balaban J connectivity index is 2.46. The van der Waals surface area contributed by atoms with E-state index in [1.807, 2.05) is 0 Å². The van der Waals surface area contributed by atoms with Gasteiger partial charge in [0.05, 0.1) is 9.85 Å². The molecule has 0 nitrogen and oxygen atoms in total. The van der Waals surface area contributed by atoms with E-state index in [4.69, 9.17) is 11.6 Å². The third kappa shape index (κ3) is 2.95. The molecule has 0 aliphatic heterocycles. The van der Waals surface area contributed by atoms with E-state index in [0.717, 1.165) is 6.07 Å².